The van der Waals surface area contributed by atoms with Crippen molar-refractivity contribution < 1.29 is 13.9 Å². The van der Waals surface area contributed by atoms with Gasteiger partial charge in [-0.15, -0.1) is 0 Å². The Labute approximate surface area is 168 Å². The zero-order valence-electron chi connectivity index (χ0n) is 15.9. The van der Waals surface area contributed by atoms with Crippen molar-refractivity contribution in [2.24, 2.45) is 0 Å². The number of amides is 1. The second-order valence-corrected chi connectivity index (χ2v) is 6.95. The summed E-state index contributed by atoms with van der Waals surface area (Å²) >= 11 is 6.40. The van der Waals surface area contributed by atoms with Crippen LogP contribution in [0.15, 0.2) is 48.5 Å². The van der Waals surface area contributed by atoms with Gasteiger partial charge in [-0.3, -0.25) is 4.79 Å². The van der Waals surface area contributed by atoms with Gasteiger partial charge in [-0.25, -0.2) is 9.07 Å². The number of benzene rings is 2. The van der Waals surface area contributed by atoms with Crippen LogP contribution in [0.25, 0.3) is 5.69 Å². The summed E-state index contributed by atoms with van der Waals surface area (Å²) in [7, 11) is 0. The molecule has 0 saturated carbocycles. The van der Waals surface area contributed by atoms with Gasteiger partial charge in [0.1, 0.15) is 16.7 Å². The predicted molar refractivity (Wildman–Crippen MR) is 107 cm³/mol. The molecule has 0 fully saturated rings. The fourth-order valence-electron chi connectivity index (χ4n) is 2.79. The van der Waals surface area contributed by atoms with Crippen LogP contribution in [0.5, 0.6) is 5.75 Å². The first-order chi connectivity index (χ1) is 13.4. The quantitative estimate of drug-likeness (QED) is 0.651. The molecule has 0 saturated heterocycles. The van der Waals surface area contributed by atoms with E-state index in [2.05, 4.69) is 10.4 Å². The molecule has 7 heteroatoms. The molecule has 0 spiro atoms. The SMILES string of the molecule is Cc1nn(-c2ccc(F)cc2)c(Cl)c1C(=O)NCc1ccccc1OC(C)C. The third-order valence-corrected chi connectivity index (χ3v) is 4.43. The van der Waals surface area contributed by atoms with Crippen LogP contribution in [0.4, 0.5) is 4.39 Å². The minimum absolute atomic E-state index is 0.0301. The van der Waals surface area contributed by atoms with Crippen molar-refractivity contribution in [3.63, 3.8) is 0 Å². The number of nitrogens with zero attached hydrogens (tertiary/aromatic N) is 2. The number of ether oxygens (including phenoxy) is 1. The van der Waals surface area contributed by atoms with Crippen LogP contribution in [0.1, 0.15) is 35.5 Å². The maximum atomic E-state index is 13.2. The van der Waals surface area contributed by atoms with E-state index >= 15 is 0 Å². The maximum absolute atomic E-state index is 13.2. The van der Waals surface area contributed by atoms with Crippen LogP contribution in [0.2, 0.25) is 5.15 Å². The number of aromatic nitrogens is 2. The van der Waals surface area contributed by atoms with Crippen LogP contribution >= 0.6 is 11.6 Å². The lowest BCUT2D eigenvalue weighted by Gasteiger charge is -2.14. The fraction of sp³-hybridized carbons (Fsp3) is 0.238. The van der Waals surface area contributed by atoms with Crippen LogP contribution in [0, 0.1) is 12.7 Å². The number of nitrogens with one attached hydrogen (secondary N) is 1. The molecule has 5 nitrogen and oxygen atoms in total. The Balaban J connectivity index is 1.80. The van der Waals surface area contributed by atoms with Gasteiger partial charge in [0.15, 0.2) is 0 Å². The Morgan fingerprint density at radius 1 is 1.21 bits per heavy atom. The van der Waals surface area contributed by atoms with E-state index in [9.17, 15) is 9.18 Å². The van der Waals surface area contributed by atoms with Gasteiger partial charge in [0, 0.05) is 12.1 Å². The number of rotatable bonds is 6. The highest BCUT2D eigenvalue weighted by atomic mass is 35.5. The first-order valence-electron chi connectivity index (χ1n) is 8.90. The summed E-state index contributed by atoms with van der Waals surface area (Å²) in [4.78, 5) is 12.7. The molecule has 1 N–H and O–H groups in total. The lowest BCUT2D eigenvalue weighted by molar-refractivity contribution is 0.0950. The van der Waals surface area contributed by atoms with E-state index in [1.165, 1.54) is 16.8 Å². The molecule has 3 aromatic rings. The summed E-state index contributed by atoms with van der Waals surface area (Å²) in [5.74, 6) is 0.0295. The molecule has 1 aromatic heterocycles. The highest BCUT2D eigenvalue weighted by Crippen LogP contribution is 2.24. The number of carbonyl (C=O) groups excluding carboxylic acids is 1. The first kappa shape index (κ1) is 19.9. The molecule has 0 atom stereocenters. The number of hydrogen-bond acceptors (Lipinski definition) is 3. The molecule has 1 amide bonds. The zero-order chi connectivity index (χ0) is 20.3. The Bertz CT molecular complexity index is 984. The summed E-state index contributed by atoms with van der Waals surface area (Å²) < 4.78 is 20.3. The Hall–Kier alpha value is -2.86. The van der Waals surface area contributed by atoms with Gasteiger partial charge in [-0.05, 0) is 51.1 Å². The fourth-order valence-corrected chi connectivity index (χ4v) is 3.15. The van der Waals surface area contributed by atoms with Crippen molar-refractivity contribution in [3.8, 4) is 11.4 Å². The molecule has 0 unspecified atom stereocenters. The number of halogens is 2. The van der Waals surface area contributed by atoms with Gasteiger partial charge in [0.2, 0.25) is 0 Å². The predicted octanol–water partition coefficient (Wildman–Crippen LogP) is 4.69. The van der Waals surface area contributed by atoms with Crippen molar-refractivity contribution in [2.45, 2.75) is 33.4 Å². The third-order valence-electron chi connectivity index (χ3n) is 4.08. The van der Waals surface area contributed by atoms with Crippen molar-refractivity contribution in [1.29, 1.82) is 0 Å². The lowest BCUT2D eigenvalue weighted by Crippen LogP contribution is -2.24. The average molecular weight is 402 g/mol. The van der Waals surface area contributed by atoms with Gasteiger partial charge in [0.25, 0.3) is 5.91 Å². The number of aryl methyl sites for hydroxylation is 1. The van der Waals surface area contributed by atoms with E-state index in [4.69, 9.17) is 16.3 Å². The molecule has 0 aliphatic rings. The molecule has 28 heavy (non-hydrogen) atoms. The monoisotopic (exact) mass is 401 g/mol. The molecule has 0 bridgehead atoms. The third kappa shape index (κ3) is 4.34. The Kier molecular flexibility index (Phi) is 5.99. The minimum Gasteiger partial charge on any atom is -0.491 e. The zero-order valence-corrected chi connectivity index (χ0v) is 16.6. The number of hydrogen-bond donors (Lipinski definition) is 1. The molecule has 0 aliphatic heterocycles. The molecule has 3 rings (SSSR count). The van der Waals surface area contributed by atoms with Gasteiger partial charge < -0.3 is 10.1 Å². The van der Waals surface area contributed by atoms with Crippen molar-refractivity contribution in [3.05, 3.63) is 76.3 Å². The summed E-state index contributed by atoms with van der Waals surface area (Å²) in [5.41, 5.74) is 2.21. The van der Waals surface area contributed by atoms with Crippen LogP contribution in [0.3, 0.4) is 0 Å². The van der Waals surface area contributed by atoms with E-state index in [0.717, 1.165) is 11.3 Å². The van der Waals surface area contributed by atoms with Gasteiger partial charge in [0.05, 0.1) is 23.0 Å². The second-order valence-electron chi connectivity index (χ2n) is 6.60. The van der Waals surface area contributed by atoms with E-state index < -0.39 is 0 Å². The highest BCUT2D eigenvalue weighted by Gasteiger charge is 2.21. The van der Waals surface area contributed by atoms with E-state index in [0.29, 0.717) is 17.9 Å². The Morgan fingerprint density at radius 3 is 2.57 bits per heavy atom. The first-order valence-corrected chi connectivity index (χ1v) is 9.28. The smallest absolute Gasteiger partial charge is 0.256 e. The summed E-state index contributed by atoms with van der Waals surface area (Å²) in [6.07, 6.45) is 0.0301. The molecular formula is C21H21ClFN3O2. The summed E-state index contributed by atoms with van der Waals surface area (Å²) in [6, 6.07) is 13.3. The molecule has 0 aliphatic carbocycles. The Morgan fingerprint density at radius 2 is 1.89 bits per heavy atom. The van der Waals surface area contributed by atoms with E-state index in [1.807, 2.05) is 38.1 Å². The van der Waals surface area contributed by atoms with Gasteiger partial charge in [-0.1, -0.05) is 29.8 Å². The topological polar surface area (TPSA) is 56.2 Å². The molecule has 2 aromatic carbocycles. The molecular weight excluding hydrogens is 381 g/mol. The molecule has 0 radical (unpaired) electrons. The average Bonchev–Trinajstić information content (AvgIpc) is 2.95. The van der Waals surface area contributed by atoms with Gasteiger partial charge in [-0.2, -0.15) is 5.10 Å². The standard InChI is InChI=1S/C21H21ClFN3O2/c1-13(2)28-18-7-5-4-6-15(18)12-24-21(27)19-14(3)25-26(20(19)22)17-10-8-16(23)9-11-17/h4-11,13H,12H2,1-3H3,(H,24,27). The lowest BCUT2D eigenvalue weighted by atomic mass is 10.2. The second kappa shape index (κ2) is 8.44. The van der Waals surface area contributed by atoms with Crippen LogP contribution in [-0.4, -0.2) is 21.8 Å². The normalized spacial score (nSPS) is 10.9. The number of carbonyl (C=O) groups is 1. The molecule has 146 valence electrons. The minimum atomic E-state index is -0.357. The van der Waals surface area contributed by atoms with Gasteiger partial charge >= 0.3 is 0 Å². The largest absolute Gasteiger partial charge is 0.491 e. The maximum Gasteiger partial charge on any atom is 0.256 e. The van der Waals surface area contributed by atoms with Crippen molar-refractivity contribution >= 4 is 17.5 Å². The van der Waals surface area contributed by atoms with E-state index in [-0.39, 0.29) is 28.5 Å². The van der Waals surface area contributed by atoms with Crippen molar-refractivity contribution in [2.75, 3.05) is 0 Å². The highest BCUT2D eigenvalue weighted by molar-refractivity contribution is 6.33. The van der Waals surface area contributed by atoms with E-state index in [1.54, 1.807) is 19.1 Å². The van der Waals surface area contributed by atoms with Crippen LogP contribution < -0.4 is 10.1 Å². The summed E-state index contributed by atoms with van der Waals surface area (Å²) in [6.45, 7) is 5.89. The number of para-hydroxylation sites is 1. The summed E-state index contributed by atoms with van der Waals surface area (Å²) in [5, 5.41) is 7.36. The molecule has 1 heterocycles. The van der Waals surface area contributed by atoms with Crippen LogP contribution in [-0.2, 0) is 6.54 Å². The van der Waals surface area contributed by atoms with Crippen molar-refractivity contribution in [1.82, 2.24) is 15.1 Å².